The number of aliphatic imine (C=N–C) groups is 1. The Morgan fingerprint density at radius 3 is 2.93 bits per heavy atom. The number of fused-ring (bicyclic) bond motifs is 3. The van der Waals surface area contributed by atoms with Crippen LogP contribution in [0.3, 0.4) is 0 Å². The lowest BCUT2D eigenvalue weighted by atomic mass is 9.76. The van der Waals surface area contributed by atoms with Crippen molar-refractivity contribution in [3.63, 3.8) is 0 Å². The van der Waals surface area contributed by atoms with Crippen LogP contribution in [0.25, 0.3) is 0 Å². The minimum Gasteiger partial charge on any atom is -0.472 e. The van der Waals surface area contributed by atoms with E-state index in [1.807, 2.05) is 20.8 Å². The molecule has 4 heterocycles. The third kappa shape index (κ3) is 3.73. The second-order valence-corrected chi connectivity index (χ2v) is 11.7. The van der Waals surface area contributed by atoms with Crippen LogP contribution >= 0.6 is 11.8 Å². The number of nitrogens with one attached hydrogen (secondary N) is 1. The van der Waals surface area contributed by atoms with Crippen molar-refractivity contribution in [3.05, 3.63) is 21.8 Å². The zero-order valence-corrected chi connectivity index (χ0v) is 19.0. The second-order valence-electron chi connectivity index (χ2n) is 10.5. The van der Waals surface area contributed by atoms with Gasteiger partial charge >= 0.3 is 0 Å². The highest BCUT2D eigenvalue weighted by molar-refractivity contribution is 8.04. The molecule has 1 N–H and O–H groups in total. The lowest BCUT2D eigenvalue weighted by molar-refractivity contribution is 0.128. The molecule has 1 saturated heterocycles. The molecule has 6 atom stereocenters. The van der Waals surface area contributed by atoms with Crippen molar-refractivity contribution in [1.29, 1.82) is 0 Å². The van der Waals surface area contributed by atoms with Gasteiger partial charge in [-0.3, -0.25) is 4.99 Å². The highest BCUT2D eigenvalue weighted by Gasteiger charge is 2.47. The molecule has 0 aromatic rings. The fourth-order valence-electron chi connectivity index (χ4n) is 5.85. The fourth-order valence-corrected chi connectivity index (χ4v) is 7.61. The summed E-state index contributed by atoms with van der Waals surface area (Å²) in [5.74, 6) is 1.94. The molecule has 1 unspecified atom stereocenters. The minimum atomic E-state index is -2.13. The molecule has 0 bridgehead atoms. The summed E-state index contributed by atoms with van der Waals surface area (Å²) in [6.45, 7) is 6.88. The van der Waals surface area contributed by atoms with Gasteiger partial charge < -0.3 is 10.1 Å². The number of thioether (sulfide) groups is 1. The van der Waals surface area contributed by atoms with Crippen molar-refractivity contribution in [2.75, 3.05) is 6.54 Å². The summed E-state index contributed by atoms with van der Waals surface area (Å²) < 4.78 is 47.4. The zero-order valence-electron chi connectivity index (χ0n) is 23.2. The summed E-state index contributed by atoms with van der Waals surface area (Å²) in [6, 6.07) is 0.210. The van der Waals surface area contributed by atoms with E-state index in [9.17, 15) is 0 Å². The van der Waals surface area contributed by atoms with Crippen molar-refractivity contribution in [2.24, 2.45) is 28.2 Å². The van der Waals surface area contributed by atoms with Crippen LogP contribution in [-0.4, -0.2) is 29.8 Å². The van der Waals surface area contributed by atoms with E-state index in [0.717, 1.165) is 44.4 Å². The van der Waals surface area contributed by atoms with Crippen molar-refractivity contribution in [3.8, 4) is 0 Å². The Bertz CT molecular complexity index is 948. The molecule has 0 aromatic carbocycles. The van der Waals surface area contributed by atoms with Crippen molar-refractivity contribution < 1.29 is 11.6 Å². The van der Waals surface area contributed by atoms with E-state index in [1.165, 1.54) is 16.1 Å². The molecule has 0 spiro atoms. The zero-order chi connectivity index (χ0) is 24.6. The number of ether oxygens (including phenoxy) is 1. The Morgan fingerprint density at radius 1 is 1.28 bits per heavy atom. The summed E-state index contributed by atoms with van der Waals surface area (Å²) in [4.78, 5) is 5.93. The molecular weight excluding hydrogens is 376 g/mol. The predicted octanol–water partition coefficient (Wildman–Crippen LogP) is 6.07. The molecule has 0 saturated carbocycles. The standard InChI is InChI=1S/C25H38N2OS/c1-14-9-10-17-16-7-6-8-18(23(16)28-24(17)27-14)20-11-21-19(13-26-20)15(2)22(29-21)12-25(3,4)5/h15-17,20,22,24,26H,6-13H2,1-5H3/t15-,16-,17?,20+,22-,24-/m0/s1/i1D3,12D2. The maximum absolute atomic E-state index is 8.87. The molecule has 160 valence electrons. The lowest BCUT2D eigenvalue weighted by Crippen LogP contribution is -2.39. The van der Waals surface area contributed by atoms with Crippen molar-refractivity contribution in [1.82, 2.24) is 5.32 Å². The van der Waals surface area contributed by atoms with E-state index in [1.54, 1.807) is 11.8 Å². The van der Waals surface area contributed by atoms with E-state index in [-0.39, 0.29) is 23.4 Å². The van der Waals surface area contributed by atoms with Gasteiger partial charge in [0.05, 0.1) is 0 Å². The van der Waals surface area contributed by atoms with Crippen LogP contribution in [0, 0.1) is 23.2 Å². The molecule has 5 rings (SSSR count). The first-order chi connectivity index (χ1) is 15.8. The van der Waals surface area contributed by atoms with E-state index >= 15 is 0 Å². The smallest absolute Gasteiger partial charge is 0.192 e. The summed E-state index contributed by atoms with van der Waals surface area (Å²) in [6.07, 6.45) is 3.92. The van der Waals surface area contributed by atoms with Crippen LogP contribution in [0.2, 0.25) is 0 Å². The SMILES string of the molecule is [2H]C([2H])([2H])C1=N[C@H]2OC3=C([C@H]4CC5=C(CN4)[C@H](C)[C@H](C([2H])([2H])C(C)(C)C)S5)CCC[C@H]3C2CC1. The van der Waals surface area contributed by atoms with Gasteiger partial charge in [-0.1, -0.05) is 27.7 Å². The van der Waals surface area contributed by atoms with Gasteiger partial charge in [0.25, 0.3) is 0 Å². The highest BCUT2D eigenvalue weighted by atomic mass is 32.2. The summed E-state index contributed by atoms with van der Waals surface area (Å²) >= 11 is 1.77. The van der Waals surface area contributed by atoms with Crippen LogP contribution in [-0.2, 0) is 4.74 Å². The van der Waals surface area contributed by atoms with Crippen LogP contribution < -0.4 is 5.32 Å². The molecule has 29 heavy (non-hydrogen) atoms. The van der Waals surface area contributed by atoms with Crippen LogP contribution in [0.15, 0.2) is 26.8 Å². The summed E-state index contributed by atoms with van der Waals surface area (Å²) in [5, 5.41) is 3.71. The summed E-state index contributed by atoms with van der Waals surface area (Å²) in [7, 11) is 0. The monoisotopic (exact) mass is 419 g/mol. The number of hydrogen-bond donors (Lipinski definition) is 1. The third-order valence-corrected chi connectivity index (χ3v) is 8.79. The Balaban J connectivity index is 1.37. The minimum absolute atomic E-state index is 0.0620. The maximum Gasteiger partial charge on any atom is 0.192 e. The van der Waals surface area contributed by atoms with E-state index in [0.29, 0.717) is 24.0 Å². The molecule has 0 aromatic heterocycles. The van der Waals surface area contributed by atoms with Crippen LogP contribution in [0.5, 0.6) is 0 Å². The molecule has 5 aliphatic rings. The Kier molecular flexibility index (Phi) is 3.88. The van der Waals surface area contributed by atoms with Crippen molar-refractivity contribution >= 4 is 17.5 Å². The Hall–Kier alpha value is -0.740. The largest absolute Gasteiger partial charge is 0.472 e. The fraction of sp³-hybridized carbons (Fsp3) is 0.800. The molecule has 4 heteroatoms. The molecule has 1 aliphatic carbocycles. The average molecular weight is 420 g/mol. The first-order valence-corrected chi connectivity index (χ1v) is 12.3. The molecule has 1 fully saturated rings. The van der Waals surface area contributed by atoms with Gasteiger partial charge in [0.15, 0.2) is 6.23 Å². The molecule has 0 amide bonds. The highest BCUT2D eigenvalue weighted by Crippen LogP contribution is 2.52. The van der Waals surface area contributed by atoms with Gasteiger partial charge in [-0.25, -0.2) is 0 Å². The predicted molar refractivity (Wildman–Crippen MR) is 123 cm³/mol. The quantitative estimate of drug-likeness (QED) is 0.589. The number of hydrogen-bond acceptors (Lipinski definition) is 4. The van der Waals surface area contributed by atoms with E-state index in [2.05, 4.69) is 17.2 Å². The lowest BCUT2D eigenvalue weighted by Gasteiger charge is -2.33. The van der Waals surface area contributed by atoms with Gasteiger partial charge in [-0.2, -0.15) is 0 Å². The molecule has 3 nitrogen and oxygen atoms in total. The normalized spacial score (nSPS) is 43.2. The molecule has 4 aliphatic heterocycles. The van der Waals surface area contributed by atoms with Crippen LogP contribution in [0.1, 0.15) is 86.3 Å². The first kappa shape index (κ1) is 15.1. The van der Waals surface area contributed by atoms with E-state index in [4.69, 9.17) is 11.6 Å². The Morgan fingerprint density at radius 2 is 2.14 bits per heavy atom. The van der Waals surface area contributed by atoms with Gasteiger partial charge in [-0.05, 0) is 79.1 Å². The molecular formula is C25H38N2OS. The van der Waals surface area contributed by atoms with Gasteiger partial charge in [0.2, 0.25) is 0 Å². The number of nitrogens with zero attached hydrogens (tertiary/aromatic N) is 1. The van der Waals surface area contributed by atoms with Crippen molar-refractivity contribution in [2.45, 2.75) is 97.0 Å². The summed E-state index contributed by atoms with van der Waals surface area (Å²) in [5.41, 5.74) is 2.63. The first-order valence-electron chi connectivity index (χ1n) is 13.9. The average Bonchev–Trinajstić information content (AvgIpc) is 3.29. The second kappa shape index (κ2) is 7.44. The maximum atomic E-state index is 8.87. The molecule has 0 radical (unpaired) electrons. The topological polar surface area (TPSA) is 33.6 Å². The van der Waals surface area contributed by atoms with Crippen LogP contribution in [0.4, 0.5) is 0 Å². The Labute approximate surface area is 188 Å². The third-order valence-electron chi connectivity index (χ3n) is 7.30. The number of rotatable bonds is 2. The number of allylic oxidation sites excluding steroid dienone is 1. The van der Waals surface area contributed by atoms with E-state index < -0.39 is 18.6 Å². The van der Waals surface area contributed by atoms with Gasteiger partial charge in [-0.15, -0.1) is 11.8 Å². The van der Waals surface area contributed by atoms with Gasteiger partial charge in [0.1, 0.15) is 5.76 Å². The van der Waals surface area contributed by atoms with Gasteiger partial charge in [0, 0.05) is 42.2 Å².